The Labute approximate surface area is 205 Å². The zero-order chi connectivity index (χ0) is 22.7. The molecule has 1 N–H and O–H groups in total. The molecule has 2 aliphatic rings. The lowest BCUT2D eigenvalue weighted by molar-refractivity contribution is -0.134. The van der Waals surface area contributed by atoms with Crippen LogP contribution in [0.25, 0.3) is 21.1 Å². The predicted molar refractivity (Wildman–Crippen MR) is 136 cm³/mol. The summed E-state index contributed by atoms with van der Waals surface area (Å²) in [5, 5.41) is 3.33. The van der Waals surface area contributed by atoms with E-state index in [2.05, 4.69) is 21.8 Å². The third-order valence-electron chi connectivity index (χ3n) is 6.71. The number of halogens is 2. The molecule has 0 aliphatic carbocycles. The van der Waals surface area contributed by atoms with Crippen molar-refractivity contribution in [3.63, 3.8) is 0 Å². The smallest absolute Gasteiger partial charge is 0.232 e. The van der Waals surface area contributed by atoms with Crippen LogP contribution in [0.4, 0.5) is 5.13 Å². The van der Waals surface area contributed by atoms with Crippen molar-refractivity contribution >= 4 is 66.7 Å². The number of hydrogen-bond acceptors (Lipinski definition) is 5. The maximum atomic E-state index is 13.8. The van der Waals surface area contributed by atoms with Gasteiger partial charge in [-0.15, -0.1) is 0 Å². The van der Waals surface area contributed by atoms with Crippen LogP contribution in [-0.4, -0.2) is 65.4 Å². The Kier molecular flexibility index (Phi) is 5.25. The third-order valence-corrected chi connectivity index (χ3v) is 8.25. The standard InChI is InChI=1S/C24H23Cl2N5OS/c1-29-6-8-30(9-7-29)23(32)17-12-31(24-28-19-5-3-15(26)11-21(19)33-24)13-20-22(17)16-10-14(25)2-4-18(16)27-20/h2-5,10-11,17,27H,6-9,12-13H2,1H3. The lowest BCUT2D eigenvalue weighted by Gasteiger charge is -2.38. The molecule has 1 unspecified atom stereocenters. The minimum Gasteiger partial charge on any atom is -0.357 e. The summed E-state index contributed by atoms with van der Waals surface area (Å²) in [6.45, 7) is 4.56. The fourth-order valence-electron chi connectivity index (χ4n) is 4.95. The molecule has 1 saturated heterocycles. The average molecular weight is 500 g/mol. The number of aromatic amines is 1. The van der Waals surface area contributed by atoms with Gasteiger partial charge in [0.25, 0.3) is 0 Å². The number of H-pyrrole nitrogens is 1. The van der Waals surface area contributed by atoms with E-state index in [9.17, 15) is 4.79 Å². The molecule has 4 heterocycles. The third kappa shape index (κ3) is 3.77. The van der Waals surface area contributed by atoms with Gasteiger partial charge in [-0.3, -0.25) is 4.79 Å². The van der Waals surface area contributed by atoms with Crippen molar-refractivity contribution in [2.45, 2.75) is 12.5 Å². The molecule has 4 aromatic rings. The lowest BCUT2D eigenvalue weighted by Crippen LogP contribution is -2.50. The first-order valence-corrected chi connectivity index (χ1v) is 12.6. The molecule has 0 radical (unpaired) electrons. The number of amides is 1. The Balaban J connectivity index is 1.42. The highest BCUT2D eigenvalue weighted by atomic mass is 35.5. The highest BCUT2D eigenvalue weighted by Crippen LogP contribution is 2.40. The number of fused-ring (bicyclic) bond motifs is 4. The summed E-state index contributed by atoms with van der Waals surface area (Å²) >= 11 is 14.2. The number of carbonyl (C=O) groups excluding carboxylic acids is 1. The minimum absolute atomic E-state index is 0.180. The van der Waals surface area contributed by atoms with E-state index in [1.807, 2.05) is 41.3 Å². The summed E-state index contributed by atoms with van der Waals surface area (Å²) in [4.78, 5) is 28.7. The molecular formula is C24H23Cl2N5OS. The molecule has 9 heteroatoms. The van der Waals surface area contributed by atoms with Crippen molar-refractivity contribution in [1.82, 2.24) is 19.8 Å². The lowest BCUT2D eigenvalue weighted by atomic mass is 9.90. The Hall–Kier alpha value is -2.32. The zero-order valence-electron chi connectivity index (χ0n) is 18.1. The number of rotatable bonds is 2. The van der Waals surface area contributed by atoms with Gasteiger partial charge in [0, 0.05) is 59.4 Å². The van der Waals surface area contributed by atoms with Gasteiger partial charge < -0.3 is 19.7 Å². The van der Waals surface area contributed by atoms with E-state index < -0.39 is 0 Å². The van der Waals surface area contributed by atoms with Gasteiger partial charge in [-0.25, -0.2) is 4.98 Å². The van der Waals surface area contributed by atoms with E-state index in [0.717, 1.165) is 63.7 Å². The zero-order valence-corrected chi connectivity index (χ0v) is 20.5. The highest BCUT2D eigenvalue weighted by Gasteiger charge is 2.37. The van der Waals surface area contributed by atoms with Gasteiger partial charge in [0.05, 0.1) is 22.7 Å². The number of hydrogen-bond donors (Lipinski definition) is 1. The Morgan fingerprint density at radius 3 is 2.67 bits per heavy atom. The summed E-state index contributed by atoms with van der Waals surface area (Å²) in [6, 6.07) is 11.6. The van der Waals surface area contributed by atoms with Crippen molar-refractivity contribution in [2.75, 3.05) is 44.7 Å². The average Bonchev–Trinajstić information content (AvgIpc) is 3.39. The first-order valence-electron chi connectivity index (χ1n) is 11.0. The van der Waals surface area contributed by atoms with Crippen molar-refractivity contribution in [2.24, 2.45) is 0 Å². The molecule has 1 amide bonds. The quantitative estimate of drug-likeness (QED) is 0.423. The van der Waals surface area contributed by atoms with Gasteiger partial charge in [-0.1, -0.05) is 34.5 Å². The van der Waals surface area contributed by atoms with Crippen LogP contribution in [0.3, 0.4) is 0 Å². The van der Waals surface area contributed by atoms with Crippen LogP contribution in [0.5, 0.6) is 0 Å². The molecule has 2 aliphatic heterocycles. The van der Waals surface area contributed by atoms with E-state index in [0.29, 0.717) is 23.1 Å². The molecule has 1 atom stereocenters. The second kappa shape index (κ2) is 8.17. The number of nitrogens with one attached hydrogen (secondary N) is 1. The van der Waals surface area contributed by atoms with E-state index >= 15 is 0 Å². The van der Waals surface area contributed by atoms with Crippen LogP contribution < -0.4 is 4.90 Å². The van der Waals surface area contributed by atoms with Crippen LogP contribution in [0.1, 0.15) is 17.2 Å². The molecule has 0 bridgehead atoms. The summed E-state index contributed by atoms with van der Waals surface area (Å²) in [5.41, 5.74) is 4.08. The molecular weight excluding hydrogens is 477 g/mol. The fourth-order valence-corrected chi connectivity index (χ4v) is 6.37. The van der Waals surface area contributed by atoms with E-state index in [-0.39, 0.29) is 11.8 Å². The van der Waals surface area contributed by atoms with Gasteiger partial charge in [0.1, 0.15) is 0 Å². The summed E-state index contributed by atoms with van der Waals surface area (Å²) in [5.74, 6) is -0.0981. The highest BCUT2D eigenvalue weighted by molar-refractivity contribution is 7.22. The maximum absolute atomic E-state index is 13.8. The largest absolute Gasteiger partial charge is 0.357 e. The van der Waals surface area contributed by atoms with Crippen LogP contribution in [0, 0.1) is 0 Å². The van der Waals surface area contributed by atoms with Crippen LogP contribution in [0.2, 0.25) is 10.0 Å². The summed E-state index contributed by atoms with van der Waals surface area (Å²) in [7, 11) is 2.10. The summed E-state index contributed by atoms with van der Waals surface area (Å²) < 4.78 is 1.05. The van der Waals surface area contributed by atoms with Crippen molar-refractivity contribution in [3.05, 3.63) is 57.7 Å². The molecule has 6 rings (SSSR count). The number of benzene rings is 2. The number of nitrogens with zero attached hydrogens (tertiary/aromatic N) is 4. The SMILES string of the molecule is CN1CCN(C(=O)C2CN(c3nc4ccc(Cl)cc4s3)Cc3[nH]c4ccc(Cl)cc4c32)CC1. The van der Waals surface area contributed by atoms with Crippen molar-refractivity contribution < 1.29 is 4.79 Å². The molecule has 2 aromatic carbocycles. The molecule has 0 saturated carbocycles. The number of likely N-dealkylation sites (N-methyl/N-ethyl adjacent to an activating group) is 1. The Morgan fingerprint density at radius 2 is 1.85 bits per heavy atom. The van der Waals surface area contributed by atoms with E-state index in [1.54, 1.807) is 11.3 Å². The van der Waals surface area contributed by atoms with Crippen LogP contribution in [-0.2, 0) is 11.3 Å². The second-order valence-corrected chi connectivity index (χ2v) is 10.8. The van der Waals surface area contributed by atoms with Crippen LogP contribution in [0.15, 0.2) is 36.4 Å². The molecule has 1 fully saturated rings. The first-order chi connectivity index (χ1) is 16.0. The molecule has 170 valence electrons. The maximum Gasteiger partial charge on any atom is 0.232 e. The Morgan fingerprint density at radius 1 is 1.09 bits per heavy atom. The molecule has 33 heavy (non-hydrogen) atoms. The number of aromatic nitrogens is 2. The minimum atomic E-state index is -0.278. The number of piperazine rings is 1. The van der Waals surface area contributed by atoms with E-state index in [4.69, 9.17) is 28.2 Å². The predicted octanol–water partition coefficient (Wildman–Crippen LogP) is 4.96. The normalized spacial score (nSPS) is 19.4. The second-order valence-electron chi connectivity index (χ2n) is 8.88. The number of carbonyl (C=O) groups is 1. The van der Waals surface area contributed by atoms with Gasteiger partial charge in [-0.05, 0) is 49.0 Å². The van der Waals surface area contributed by atoms with E-state index in [1.165, 1.54) is 0 Å². The van der Waals surface area contributed by atoms with Crippen molar-refractivity contribution in [1.29, 1.82) is 0 Å². The molecule has 6 nitrogen and oxygen atoms in total. The van der Waals surface area contributed by atoms with Gasteiger partial charge >= 0.3 is 0 Å². The van der Waals surface area contributed by atoms with Crippen molar-refractivity contribution in [3.8, 4) is 0 Å². The number of thiazole rings is 1. The summed E-state index contributed by atoms with van der Waals surface area (Å²) in [6.07, 6.45) is 0. The van der Waals surface area contributed by atoms with Gasteiger partial charge in [0.15, 0.2) is 5.13 Å². The Bertz CT molecular complexity index is 1370. The monoisotopic (exact) mass is 499 g/mol. The topological polar surface area (TPSA) is 55.5 Å². The molecule has 0 spiro atoms. The fraction of sp³-hybridized carbons (Fsp3) is 0.333. The van der Waals surface area contributed by atoms with Gasteiger partial charge in [0.2, 0.25) is 5.91 Å². The molecule has 2 aromatic heterocycles. The first kappa shape index (κ1) is 21.2. The van der Waals surface area contributed by atoms with Crippen LogP contribution >= 0.6 is 34.5 Å². The van der Waals surface area contributed by atoms with Gasteiger partial charge in [-0.2, -0.15) is 0 Å². The number of anilines is 1.